The summed E-state index contributed by atoms with van der Waals surface area (Å²) in [4.78, 5) is 39.9. The molecule has 45 heavy (non-hydrogen) atoms. The number of likely N-dealkylation sites (tertiary alicyclic amines) is 1. The Hall–Kier alpha value is -4.38. The number of nitrogens with zero attached hydrogens (tertiary/aromatic N) is 1. The highest BCUT2D eigenvalue weighted by molar-refractivity contribution is 5.98. The van der Waals surface area contributed by atoms with E-state index in [4.69, 9.17) is 4.74 Å². The van der Waals surface area contributed by atoms with Crippen molar-refractivity contribution in [3.63, 3.8) is 0 Å². The first kappa shape index (κ1) is 33.5. The van der Waals surface area contributed by atoms with E-state index in [2.05, 4.69) is 10.6 Å². The monoisotopic (exact) mass is 625 g/mol. The van der Waals surface area contributed by atoms with Gasteiger partial charge in [0.2, 0.25) is 0 Å². The first-order valence-electron chi connectivity index (χ1n) is 14.7. The van der Waals surface area contributed by atoms with Crippen molar-refractivity contribution >= 4 is 23.6 Å². The van der Waals surface area contributed by atoms with E-state index >= 15 is 0 Å². The van der Waals surface area contributed by atoms with E-state index < -0.39 is 40.9 Å². The molecule has 4 rings (SSSR count). The van der Waals surface area contributed by atoms with Crippen molar-refractivity contribution in [2.24, 2.45) is 5.92 Å². The predicted octanol–water partition coefficient (Wildman–Crippen LogP) is 6.29. The Labute approximate surface area is 260 Å². The Morgan fingerprint density at radius 1 is 0.911 bits per heavy atom. The highest BCUT2D eigenvalue weighted by Gasteiger charge is 2.46. The van der Waals surface area contributed by atoms with Crippen LogP contribution in [-0.2, 0) is 22.1 Å². The zero-order chi connectivity index (χ0) is 33.0. The van der Waals surface area contributed by atoms with Crippen molar-refractivity contribution in [2.45, 2.75) is 57.4 Å². The number of hydrogen-bond donors (Lipinski definition) is 3. The topological polar surface area (TPSA) is 108 Å². The van der Waals surface area contributed by atoms with E-state index in [1.54, 1.807) is 64.2 Å². The summed E-state index contributed by atoms with van der Waals surface area (Å²) in [5, 5.41) is 17.2. The maximum Gasteiger partial charge on any atom is 0.416 e. The standard InChI is InChI=1S/C34H38F3N3O5/c1-32(2,3)45-31(43)40-17-15-26(16-18-40)33(44,30(42)39-28-10-6-9-27(20-28)34(35,36)37)21-22-7-5-8-25(19-22)23-11-13-24(14-12-23)29(41)38-4/h5-14,19-20,26,44H,15-18,21H2,1-4H3,(H,38,41)(H,39,42). The number of nitrogens with one attached hydrogen (secondary N) is 2. The van der Waals surface area contributed by atoms with Gasteiger partial charge in [-0.25, -0.2) is 4.79 Å². The second kappa shape index (κ2) is 13.3. The molecule has 0 aromatic heterocycles. The number of halogens is 3. The van der Waals surface area contributed by atoms with Gasteiger partial charge in [0.15, 0.2) is 0 Å². The van der Waals surface area contributed by atoms with Gasteiger partial charge < -0.3 is 25.4 Å². The summed E-state index contributed by atoms with van der Waals surface area (Å²) in [5.74, 6) is -1.67. The molecule has 0 aliphatic carbocycles. The fourth-order valence-corrected chi connectivity index (χ4v) is 5.42. The molecule has 1 aliphatic rings. The number of hydrogen-bond acceptors (Lipinski definition) is 5. The number of rotatable bonds is 7. The van der Waals surface area contributed by atoms with Crippen LogP contribution in [0.25, 0.3) is 11.1 Å². The summed E-state index contributed by atoms with van der Waals surface area (Å²) in [6, 6.07) is 18.5. The molecule has 1 saturated heterocycles. The van der Waals surface area contributed by atoms with Gasteiger partial charge in [-0.15, -0.1) is 0 Å². The molecule has 11 heteroatoms. The summed E-state index contributed by atoms with van der Waals surface area (Å²) >= 11 is 0. The minimum Gasteiger partial charge on any atom is -0.444 e. The van der Waals surface area contributed by atoms with Crippen molar-refractivity contribution in [3.05, 3.63) is 89.5 Å². The van der Waals surface area contributed by atoms with Gasteiger partial charge in [-0.3, -0.25) is 9.59 Å². The largest absolute Gasteiger partial charge is 0.444 e. The first-order valence-corrected chi connectivity index (χ1v) is 14.7. The highest BCUT2D eigenvalue weighted by Crippen LogP contribution is 2.35. The number of carbonyl (C=O) groups excluding carboxylic acids is 3. The molecule has 0 radical (unpaired) electrons. The number of benzene rings is 3. The molecule has 0 spiro atoms. The molecule has 3 aromatic carbocycles. The van der Waals surface area contributed by atoms with E-state index in [-0.39, 0.29) is 43.9 Å². The molecule has 0 saturated carbocycles. The molecule has 1 aliphatic heterocycles. The van der Waals surface area contributed by atoms with E-state index in [1.807, 2.05) is 12.1 Å². The Balaban J connectivity index is 1.61. The number of carbonyl (C=O) groups is 3. The van der Waals surface area contributed by atoms with E-state index in [9.17, 15) is 32.7 Å². The third-order valence-electron chi connectivity index (χ3n) is 7.77. The summed E-state index contributed by atoms with van der Waals surface area (Å²) in [5.41, 5.74) is -1.00. The summed E-state index contributed by atoms with van der Waals surface area (Å²) in [6.07, 6.45) is -4.68. The summed E-state index contributed by atoms with van der Waals surface area (Å²) in [6.45, 7) is 5.75. The second-order valence-corrected chi connectivity index (χ2v) is 12.2. The van der Waals surface area contributed by atoms with Gasteiger partial charge in [-0.2, -0.15) is 13.2 Å². The third kappa shape index (κ3) is 8.42. The Morgan fingerprint density at radius 2 is 1.56 bits per heavy atom. The lowest BCUT2D eigenvalue weighted by atomic mass is 9.76. The second-order valence-electron chi connectivity index (χ2n) is 12.2. The molecule has 1 atom stereocenters. The van der Waals surface area contributed by atoms with Gasteiger partial charge in [0.25, 0.3) is 11.8 Å². The third-order valence-corrected chi connectivity index (χ3v) is 7.77. The minimum atomic E-state index is -4.61. The van der Waals surface area contributed by atoms with Crippen molar-refractivity contribution in [2.75, 3.05) is 25.5 Å². The molecule has 3 aromatic rings. The van der Waals surface area contributed by atoms with Crippen LogP contribution in [0.2, 0.25) is 0 Å². The molecule has 3 amide bonds. The van der Waals surface area contributed by atoms with Crippen LogP contribution in [0.3, 0.4) is 0 Å². The number of piperidine rings is 1. The summed E-state index contributed by atoms with van der Waals surface area (Å²) < 4.78 is 45.5. The average Bonchev–Trinajstić information content (AvgIpc) is 2.99. The smallest absolute Gasteiger partial charge is 0.416 e. The molecule has 1 unspecified atom stereocenters. The lowest BCUT2D eigenvalue weighted by Crippen LogP contribution is -2.55. The van der Waals surface area contributed by atoms with Gasteiger partial charge in [0.1, 0.15) is 11.2 Å². The highest BCUT2D eigenvalue weighted by atomic mass is 19.4. The van der Waals surface area contributed by atoms with E-state index in [0.717, 1.165) is 23.3 Å². The van der Waals surface area contributed by atoms with Crippen LogP contribution in [0.5, 0.6) is 0 Å². The van der Waals surface area contributed by atoms with Crippen LogP contribution >= 0.6 is 0 Å². The fourth-order valence-electron chi connectivity index (χ4n) is 5.42. The van der Waals surface area contributed by atoms with Crippen LogP contribution in [0.15, 0.2) is 72.8 Å². The van der Waals surface area contributed by atoms with Crippen LogP contribution < -0.4 is 10.6 Å². The molecule has 1 heterocycles. The fraction of sp³-hybridized carbons (Fsp3) is 0.382. The molecule has 3 N–H and O–H groups in total. The maximum absolute atomic E-state index is 13.8. The Kier molecular flexibility index (Phi) is 9.92. The maximum atomic E-state index is 13.8. The van der Waals surface area contributed by atoms with Gasteiger partial charge in [0.05, 0.1) is 5.56 Å². The molecule has 8 nitrogen and oxygen atoms in total. The van der Waals surface area contributed by atoms with Gasteiger partial charge in [0, 0.05) is 43.7 Å². The van der Waals surface area contributed by atoms with E-state index in [1.165, 1.54) is 17.0 Å². The van der Waals surface area contributed by atoms with Crippen LogP contribution in [0, 0.1) is 5.92 Å². The average molecular weight is 626 g/mol. The zero-order valence-corrected chi connectivity index (χ0v) is 25.7. The van der Waals surface area contributed by atoms with Gasteiger partial charge in [-0.05, 0) is 80.6 Å². The van der Waals surface area contributed by atoms with Crippen LogP contribution in [0.1, 0.15) is 55.1 Å². The first-order chi connectivity index (χ1) is 21.1. The molecular weight excluding hydrogens is 587 g/mol. The van der Waals surface area contributed by atoms with Gasteiger partial charge >= 0.3 is 12.3 Å². The number of amides is 3. The Morgan fingerprint density at radius 3 is 2.16 bits per heavy atom. The lowest BCUT2D eigenvalue weighted by Gasteiger charge is -2.41. The van der Waals surface area contributed by atoms with Crippen molar-refractivity contribution < 1.29 is 37.4 Å². The van der Waals surface area contributed by atoms with Crippen molar-refractivity contribution in [1.82, 2.24) is 10.2 Å². The SMILES string of the molecule is CNC(=O)c1ccc(-c2cccc(CC(O)(C(=O)Nc3cccc(C(F)(F)F)c3)C3CCN(C(=O)OC(C)(C)C)CC3)c2)cc1. The number of alkyl halides is 3. The lowest BCUT2D eigenvalue weighted by molar-refractivity contribution is -0.142. The number of aliphatic hydroxyl groups is 1. The van der Waals surface area contributed by atoms with Crippen molar-refractivity contribution in [3.8, 4) is 11.1 Å². The van der Waals surface area contributed by atoms with Crippen LogP contribution in [-0.4, -0.2) is 59.3 Å². The molecule has 240 valence electrons. The number of anilines is 1. The predicted molar refractivity (Wildman–Crippen MR) is 165 cm³/mol. The molecule has 1 fully saturated rings. The quantitative estimate of drug-likeness (QED) is 0.286. The Bertz CT molecular complexity index is 1530. The normalized spacial score (nSPS) is 15.6. The van der Waals surface area contributed by atoms with Crippen molar-refractivity contribution in [1.29, 1.82) is 0 Å². The molecule has 0 bridgehead atoms. The minimum absolute atomic E-state index is 0.0932. The molecular formula is C34H38F3N3O5. The van der Waals surface area contributed by atoms with E-state index in [0.29, 0.717) is 11.1 Å². The van der Waals surface area contributed by atoms with Gasteiger partial charge in [-0.1, -0.05) is 42.5 Å². The van der Waals surface area contributed by atoms with Crippen LogP contribution in [0.4, 0.5) is 23.7 Å². The zero-order valence-electron chi connectivity index (χ0n) is 25.7. The summed E-state index contributed by atoms with van der Waals surface area (Å²) in [7, 11) is 1.55. The number of ether oxygens (including phenoxy) is 1.